The fourth-order valence-corrected chi connectivity index (χ4v) is 3.13. The first kappa shape index (κ1) is 13.1. The number of hydrogen-bond acceptors (Lipinski definition) is 3. The summed E-state index contributed by atoms with van der Waals surface area (Å²) in [5.41, 5.74) is 0. The lowest BCUT2D eigenvalue weighted by Crippen LogP contribution is -2.34. The van der Waals surface area contributed by atoms with Crippen LogP contribution in [0.5, 0.6) is 0 Å². The van der Waals surface area contributed by atoms with Crippen LogP contribution in [0.4, 0.5) is 0 Å². The van der Waals surface area contributed by atoms with E-state index in [4.69, 9.17) is 0 Å². The molecule has 0 radical (unpaired) electrons. The first-order valence-electron chi connectivity index (χ1n) is 6.68. The van der Waals surface area contributed by atoms with Crippen LogP contribution in [0.25, 0.3) is 0 Å². The molecule has 0 aromatic carbocycles. The van der Waals surface area contributed by atoms with Gasteiger partial charge in [0, 0.05) is 35.9 Å². The smallest absolute Gasteiger partial charge is 0.0300 e. The molecule has 1 aromatic heterocycles. The first-order valence-corrected chi connectivity index (χ1v) is 7.50. The van der Waals surface area contributed by atoms with Crippen molar-refractivity contribution in [2.75, 3.05) is 26.7 Å². The SMILES string of the molecule is Cc1ccc(CNCCN(C)CC2CCC2)s1. The standard InChI is InChI=1S/C14H24N2S/c1-12-6-7-14(17-12)10-15-8-9-16(2)11-13-4-3-5-13/h6-7,13,15H,3-5,8-11H2,1-2H3. The molecule has 17 heavy (non-hydrogen) atoms. The lowest BCUT2D eigenvalue weighted by molar-refractivity contribution is 0.206. The highest BCUT2D eigenvalue weighted by molar-refractivity contribution is 7.11. The summed E-state index contributed by atoms with van der Waals surface area (Å²) in [7, 11) is 2.25. The molecule has 0 spiro atoms. The number of thiophene rings is 1. The fourth-order valence-electron chi connectivity index (χ4n) is 2.27. The normalized spacial score (nSPS) is 16.4. The molecule has 0 bridgehead atoms. The molecule has 2 rings (SSSR count). The van der Waals surface area contributed by atoms with E-state index in [9.17, 15) is 0 Å². The monoisotopic (exact) mass is 252 g/mol. The van der Waals surface area contributed by atoms with E-state index in [2.05, 4.69) is 36.3 Å². The number of nitrogens with zero attached hydrogens (tertiary/aromatic N) is 1. The van der Waals surface area contributed by atoms with Crippen LogP contribution in [0.3, 0.4) is 0 Å². The molecule has 0 amide bonds. The Kier molecular flexibility index (Phi) is 5.01. The number of likely N-dealkylation sites (N-methyl/N-ethyl adjacent to an activating group) is 1. The van der Waals surface area contributed by atoms with Crippen LogP contribution in [-0.2, 0) is 6.54 Å². The van der Waals surface area contributed by atoms with Gasteiger partial charge in [0.2, 0.25) is 0 Å². The van der Waals surface area contributed by atoms with Crippen LogP contribution >= 0.6 is 11.3 Å². The Labute approximate surface area is 109 Å². The molecule has 0 aliphatic heterocycles. The van der Waals surface area contributed by atoms with Gasteiger partial charge in [0.1, 0.15) is 0 Å². The third-order valence-electron chi connectivity index (χ3n) is 3.56. The van der Waals surface area contributed by atoms with Gasteiger partial charge in [0.15, 0.2) is 0 Å². The Morgan fingerprint density at radius 3 is 2.82 bits per heavy atom. The van der Waals surface area contributed by atoms with Crippen molar-refractivity contribution in [2.45, 2.75) is 32.7 Å². The maximum absolute atomic E-state index is 3.52. The van der Waals surface area contributed by atoms with Crippen molar-refractivity contribution < 1.29 is 0 Å². The van der Waals surface area contributed by atoms with Crippen molar-refractivity contribution in [3.63, 3.8) is 0 Å². The molecule has 0 atom stereocenters. The molecule has 2 nitrogen and oxygen atoms in total. The Morgan fingerprint density at radius 1 is 1.41 bits per heavy atom. The van der Waals surface area contributed by atoms with Gasteiger partial charge < -0.3 is 10.2 Å². The summed E-state index contributed by atoms with van der Waals surface area (Å²) in [4.78, 5) is 5.32. The van der Waals surface area contributed by atoms with Crippen molar-refractivity contribution in [2.24, 2.45) is 5.92 Å². The highest BCUT2D eigenvalue weighted by atomic mass is 32.1. The molecule has 0 unspecified atom stereocenters. The summed E-state index contributed by atoms with van der Waals surface area (Å²) < 4.78 is 0. The zero-order chi connectivity index (χ0) is 12.1. The Balaban J connectivity index is 1.53. The summed E-state index contributed by atoms with van der Waals surface area (Å²) in [6.07, 6.45) is 4.35. The summed E-state index contributed by atoms with van der Waals surface area (Å²) in [5.74, 6) is 0.986. The minimum atomic E-state index is 0.986. The molecular weight excluding hydrogens is 228 g/mol. The maximum atomic E-state index is 3.52. The maximum Gasteiger partial charge on any atom is 0.0300 e. The van der Waals surface area contributed by atoms with Crippen molar-refractivity contribution in [3.8, 4) is 0 Å². The predicted molar refractivity (Wildman–Crippen MR) is 75.6 cm³/mol. The van der Waals surface area contributed by atoms with Gasteiger partial charge in [-0.15, -0.1) is 11.3 Å². The van der Waals surface area contributed by atoms with E-state index < -0.39 is 0 Å². The van der Waals surface area contributed by atoms with Gasteiger partial charge in [0.25, 0.3) is 0 Å². The molecule has 1 aromatic rings. The summed E-state index contributed by atoms with van der Waals surface area (Å²) in [6.45, 7) is 6.75. The minimum absolute atomic E-state index is 0.986. The van der Waals surface area contributed by atoms with Gasteiger partial charge in [-0.05, 0) is 44.9 Å². The van der Waals surface area contributed by atoms with Gasteiger partial charge in [-0.1, -0.05) is 6.42 Å². The molecule has 3 heteroatoms. The summed E-state index contributed by atoms with van der Waals surface area (Å²) >= 11 is 1.89. The van der Waals surface area contributed by atoms with Gasteiger partial charge in [0.05, 0.1) is 0 Å². The van der Waals surface area contributed by atoms with Gasteiger partial charge in [-0.25, -0.2) is 0 Å². The van der Waals surface area contributed by atoms with Gasteiger partial charge >= 0.3 is 0 Å². The highest BCUT2D eigenvalue weighted by Crippen LogP contribution is 2.26. The zero-order valence-electron chi connectivity index (χ0n) is 11.0. The molecule has 1 aliphatic rings. The molecular formula is C14H24N2S. The lowest BCUT2D eigenvalue weighted by Gasteiger charge is -2.30. The highest BCUT2D eigenvalue weighted by Gasteiger charge is 2.18. The fraction of sp³-hybridized carbons (Fsp3) is 0.714. The van der Waals surface area contributed by atoms with Crippen LogP contribution in [0.2, 0.25) is 0 Å². The van der Waals surface area contributed by atoms with E-state index in [1.54, 1.807) is 0 Å². The van der Waals surface area contributed by atoms with Crippen molar-refractivity contribution in [1.29, 1.82) is 0 Å². The minimum Gasteiger partial charge on any atom is -0.311 e. The van der Waals surface area contributed by atoms with E-state index >= 15 is 0 Å². The quantitative estimate of drug-likeness (QED) is 0.751. The molecule has 1 heterocycles. The zero-order valence-corrected chi connectivity index (χ0v) is 11.9. The average molecular weight is 252 g/mol. The molecule has 0 saturated heterocycles. The van der Waals surface area contributed by atoms with E-state index in [0.717, 1.165) is 19.0 Å². The van der Waals surface area contributed by atoms with Crippen LogP contribution in [-0.4, -0.2) is 31.6 Å². The topological polar surface area (TPSA) is 15.3 Å². The van der Waals surface area contributed by atoms with E-state index in [-0.39, 0.29) is 0 Å². The predicted octanol–water partition coefficient (Wildman–Crippen LogP) is 2.88. The second-order valence-corrected chi connectivity index (χ2v) is 6.62. The van der Waals surface area contributed by atoms with Crippen LogP contribution in [0.1, 0.15) is 29.0 Å². The van der Waals surface area contributed by atoms with Crippen molar-refractivity contribution in [1.82, 2.24) is 10.2 Å². The van der Waals surface area contributed by atoms with E-state index in [0.29, 0.717) is 0 Å². The third-order valence-corrected chi connectivity index (χ3v) is 4.56. The van der Waals surface area contributed by atoms with E-state index in [1.807, 2.05) is 11.3 Å². The Morgan fingerprint density at radius 2 is 2.24 bits per heavy atom. The molecule has 96 valence electrons. The second-order valence-electron chi connectivity index (χ2n) is 5.25. The van der Waals surface area contributed by atoms with Gasteiger partial charge in [-0.3, -0.25) is 0 Å². The van der Waals surface area contributed by atoms with E-state index in [1.165, 1.54) is 42.1 Å². The number of aryl methyl sites for hydroxylation is 1. The molecule has 1 aliphatic carbocycles. The van der Waals surface area contributed by atoms with Crippen molar-refractivity contribution in [3.05, 3.63) is 21.9 Å². The number of nitrogens with one attached hydrogen (secondary N) is 1. The third kappa shape index (κ3) is 4.41. The molecule has 1 fully saturated rings. The average Bonchev–Trinajstić information content (AvgIpc) is 2.65. The van der Waals surface area contributed by atoms with Crippen molar-refractivity contribution >= 4 is 11.3 Å². The molecule has 1 N–H and O–H groups in total. The summed E-state index contributed by atoms with van der Waals surface area (Å²) in [5, 5.41) is 3.52. The molecule has 1 saturated carbocycles. The number of rotatable bonds is 7. The lowest BCUT2D eigenvalue weighted by atomic mass is 9.85. The first-order chi connectivity index (χ1) is 8.24. The van der Waals surface area contributed by atoms with Gasteiger partial charge in [-0.2, -0.15) is 0 Å². The largest absolute Gasteiger partial charge is 0.311 e. The van der Waals surface area contributed by atoms with Crippen LogP contribution in [0.15, 0.2) is 12.1 Å². The second kappa shape index (κ2) is 6.53. The van der Waals surface area contributed by atoms with Crippen LogP contribution < -0.4 is 5.32 Å². The number of hydrogen-bond donors (Lipinski definition) is 1. The Hall–Kier alpha value is -0.380. The summed E-state index contributed by atoms with van der Waals surface area (Å²) in [6, 6.07) is 4.43. The van der Waals surface area contributed by atoms with Crippen LogP contribution in [0, 0.1) is 12.8 Å². The Bertz CT molecular complexity index is 331.